The summed E-state index contributed by atoms with van der Waals surface area (Å²) in [6.45, 7) is 4.47. The number of hydrogen-bond donors (Lipinski definition) is 0. The van der Waals surface area contributed by atoms with Crippen LogP contribution in [-0.2, 0) is 17.8 Å². The van der Waals surface area contributed by atoms with Gasteiger partial charge in [0.05, 0.1) is 22.8 Å². The highest BCUT2D eigenvalue weighted by Crippen LogP contribution is 2.30. The maximum atomic E-state index is 13.8. The highest BCUT2D eigenvalue weighted by atomic mass is 79.9. The fourth-order valence-electron chi connectivity index (χ4n) is 7.68. The number of nitrogens with zero attached hydrogens (tertiary/aromatic N) is 12. The smallest absolute Gasteiger partial charge is 0.264 e. The van der Waals surface area contributed by atoms with E-state index in [1.54, 1.807) is 36.1 Å². The average Bonchev–Trinajstić information content (AvgIpc) is 4.04. The largest absolute Gasteiger partial charge is 0.349 e. The molecule has 1 atom stereocenters. The molecule has 14 nitrogen and oxygen atoms in total. The van der Waals surface area contributed by atoms with E-state index in [-0.39, 0.29) is 17.6 Å². The molecule has 3 aromatic carbocycles. The van der Waals surface area contributed by atoms with Crippen molar-refractivity contribution in [3.8, 4) is 0 Å². The van der Waals surface area contributed by atoms with Crippen molar-refractivity contribution in [3.05, 3.63) is 139 Å². The second kappa shape index (κ2) is 17.2. The van der Waals surface area contributed by atoms with Gasteiger partial charge in [0.1, 0.15) is 17.1 Å². The Morgan fingerprint density at radius 2 is 1.68 bits per heavy atom. The van der Waals surface area contributed by atoms with E-state index in [0.29, 0.717) is 24.1 Å². The summed E-state index contributed by atoms with van der Waals surface area (Å²) in [5.74, 6) is 2.08. The van der Waals surface area contributed by atoms with Gasteiger partial charge < -0.3 is 9.80 Å². The summed E-state index contributed by atoms with van der Waals surface area (Å²) in [5.41, 5.74) is 5.84. The van der Waals surface area contributed by atoms with Gasteiger partial charge in [-0.15, -0.1) is 20.4 Å². The first-order chi connectivity index (χ1) is 29.0. The maximum Gasteiger partial charge on any atom is 0.264 e. The van der Waals surface area contributed by atoms with Gasteiger partial charge in [0.2, 0.25) is 23.4 Å². The van der Waals surface area contributed by atoms with E-state index in [0.717, 1.165) is 79.9 Å². The lowest BCUT2D eigenvalue weighted by molar-refractivity contribution is -0.127. The van der Waals surface area contributed by atoms with Gasteiger partial charge >= 0.3 is 0 Å². The highest BCUT2D eigenvalue weighted by Gasteiger charge is 2.29. The molecule has 0 saturated carbocycles. The first-order valence-corrected chi connectivity index (χ1v) is 20.9. The summed E-state index contributed by atoms with van der Waals surface area (Å²) in [6.07, 6.45) is 11.6. The lowest BCUT2D eigenvalue weighted by atomic mass is 10.1. The van der Waals surface area contributed by atoms with Crippen molar-refractivity contribution in [2.45, 2.75) is 38.9 Å². The van der Waals surface area contributed by atoms with Crippen molar-refractivity contribution >= 4 is 79.4 Å². The number of likely N-dealkylation sites (N-methyl/N-ethyl adjacent to an activating group) is 1. The number of aryl methyl sites for hydroxylation is 1. The van der Waals surface area contributed by atoms with Gasteiger partial charge in [-0.1, -0.05) is 82.3 Å². The predicted octanol–water partition coefficient (Wildman–Crippen LogP) is 6.98. The second-order valence-electron chi connectivity index (χ2n) is 15.3. The Hall–Kier alpha value is -6.10. The Labute approximate surface area is 360 Å². The summed E-state index contributed by atoms with van der Waals surface area (Å²) in [6, 6.07) is 23.9. The Morgan fingerprint density at radius 3 is 2.40 bits per heavy atom. The van der Waals surface area contributed by atoms with Crippen LogP contribution in [0.4, 0.5) is 5.95 Å². The van der Waals surface area contributed by atoms with Crippen molar-refractivity contribution in [3.63, 3.8) is 0 Å². The fraction of sp³-hybridized carbons (Fsp3) is 0.273. The maximum absolute atomic E-state index is 13.8. The number of carbonyl (C=O) groups is 1. The van der Waals surface area contributed by atoms with Crippen molar-refractivity contribution in [1.29, 1.82) is 0 Å². The molecule has 1 aliphatic heterocycles. The molecular formula is C44H45BrN12O2S. The van der Waals surface area contributed by atoms with Gasteiger partial charge in [-0.25, -0.2) is 4.40 Å². The van der Waals surface area contributed by atoms with Gasteiger partial charge in [0.15, 0.2) is 0 Å². The summed E-state index contributed by atoms with van der Waals surface area (Å²) in [7, 11) is 7.44. The number of hydrogen-bond acceptors (Lipinski definition) is 10. The number of halogens is 1. The van der Waals surface area contributed by atoms with E-state index in [2.05, 4.69) is 81.8 Å². The normalized spacial score (nSPS) is 13.7. The number of amides is 1. The van der Waals surface area contributed by atoms with Gasteiger partial charge in [0, 0.05) is 70.1 Å². The lowest BCUT2D eigenvalue weighted by Gasteiger charge is -2.30. The van der Waals surface area contributed by atoms with E-state index in [1.807, 2.05) is 94.8 Å². The molecule has 16 heteroatoms. The molecule has 0 N–H and O–H groups in total. The number of aromatic nitrogens is 9. The van der Waals surface area contributed by atoms with Crippen molar-refractivity contribution in [1.82, 2.24) is 53.1 Å². The van der Waals surface area contributed by atoms with Gasteiger partial charge in [-0.05, 0) is 72.9 Å². The SMILES string of the molecule is CN(C)C(=O)Cc1ccc(C(N2CCCC2)n2c(=O)c3cc(Br)ccc3n3cnnc23)cc1.Cc1ccc2c(c1)c(=S)n(CC=Cc1cccnc1)c1nnc(N(C)C)n21. The highest BCUT2D eigenvalue weighted by molar-refractivity contribution is 9.10. The Kier molecular flexibility index (Phi) is 11.7. The van der Waals surface area contributed by atoms with Crippen LogP contribution in [-0.4, -0.2) is 100 Å². The van der Waals surface area contributed by atoms with Crippen LogP contribution in [0.1, 0.15) is 41.3 Å². The third-order valence-corrected chi connectivity index (χ3v) is 11.6. The summed E-state index contributed by atoms with van der Waals surface area (Å²) in [4.78, 5) is 36.0. The monoisotopic (exact) mass is 884 g/mol. The average molecular weight is 886 g/mol. The summed E-state index contributed by atoms with van der Waals surface area (Å²) >= 11 is 9.31. The molecule has 1 amide bonds. The molecule has 0 bridgehead atoms. The van der Waals surface area contributed by atoms with Gasteiger partial charge in [-0.3, -0.25) is 33.0 Å². The van der Waals surface area contributed by atoms with Crippen LogP contribution in [0, 0.1) is 11.6 Å². The van der Waals surface area contributed by atoms with Crippen LogP contribution in [0.5, 0.6) is 0 Å². The molecule has 1 aliphatic rings. The number of carbonyl (C=O) groups excluding carboxylic acids is 1. The number of rotatable bonds is 9. The van der Waals surface area contributed by atoms with Crippen molar-refractivity contribution in [2.75, 3.05) is 46.2 Å². The number of anilines is 1. The quantitative estimate of drug-likeness (QED) is 0.140. The molecule has 9 rings (SSSR count). The number of likely N-dealkylation sites (tertiary alicyclic amines) is 1. The molecule has 0 spiro atoms. The van der Waals surface area contributed by atoms with E-state index >= 15 is 0 Å². The molecule has 306 valence electrons. The molecule has 0 radical (unpaired) electrons. The molecule has 5 aromatic heterocycles. The number of benzene rings is 3. The topological polar surface area (TPSA) is 127 Å². The standard InChI is InChI=1S/C24H25BrN6O2.C20H20N6S/c1-28(2)21(32)13-16-5-7-17(8-6-16)22(29-11-3-4-12-29)31-23(33)19-14-18(25)9-10-20(19)30-15-26-27-24(30)31;1-14-8-9-17-16(12-14)18(27)25(11-5-7-15-6-4-10-21-13-15)20-23-22-19(24(2)3)26(17)20/h5-10,14-15,22H,3-4,11-13H2,1-2H3;4-10,12-13H,11H2,1-3H3. The van der Waals surface area contributed by atoms with E-state index in [4.69, 9.17) is 12.2 Å². The van der Waals surface area contributed by atoms with Crippen LogP contribution in [0.2, 0.25) is 0 Å². The molecule has 8 aromatic rings. The van der Waals surface area contributed by atoms with Crippen LogP contribution >= 0.6 is 28.1 Å². The Balaban J connectivity index is 0.000000170. The second-order valence-corrected chi connectivity index (χ2v) is 16.6. The molecule has 1 saturated heterocycles. The predicted molar refractivity (Wildman–Crippen MR) is 242 cm³/mol. The number of fused-ring (bicyclic) bond motifs is 6. The molecule has 1 fully saturated rings. The zero-order chi connectivity index (χ0) is 42.1. The number of allylic oxidation sites excluding steroid dienone is 1. The first kappa shape index (κ1) is 40.7. The molecule has 60 heavy (non-hydrogen) atoms. The van der Waals surface area contributed by atoms with Gasteiger partial charge in [0.25, 0.3) is 5.56 Å². The van der Waals surface area contributed by atoms with Crippen LogP contribution in [0.15, 0.2) is 107 Å². The lowest BCUT2D eigenvalue weighted by Crippen LogP contribution is -2.38. The summed E-state index contributed by atoms with van der Waals surface area (Å²) < 4.78 is 9.31. The Morgan fingerprint density at radius 1 is 0.917 bits per heavy atom. The van der Waals surface area contributed by atoms with E-state index in [1.165, 1.54) is 5.56 Å². The Bertz CT molecular complexity index is 3000. The molecular weight excluding hydrogens is 841 g/mol. The number of pyridine rings is 1. The van der Waals surface area contributed by atoms with E-state index < -0.39 is 0 Å². The molecule has 0 aliphatic carbocycles. The minimum Gasteiger partial charge on any atom is -0.349 e. The van der Waals surface area contributed by atoms with E-state index in [9.17, 15) is 9.59 Å². The van der Waals surface area contributed by atoms with Crippen molar-refractivity contribution < 1.29 is 4.79 Å². The van der Waals surface area contributed by atoms with Gasteiger partial charge in [-0.2, -0.15) is 0 Å². The molecule has 6 heterocycles. The minimum atomic E-state index is -0.311. The third kappa shape index (κ3) is 7.97. The van der Waals surface area contributed by atoms with Crippen LogP contribution in [0.3, 0.4) is 0 Å². The fourth-order valence-corrected chi connectivity index (χ4v) is 8.36. The van der Waals surface area contributed by atoms with Crippen LogP contribution in [0.25, 0.3) is 39.4 Å². The zero-order valence-corrected chi connectivity index (χ0v) is 36.5. The van der Waals surface area contributed by atoms with Crippen molar-refractivity contribution in [2.24, 2.45) is 0 Å². The minimum absolute atomic E-state index is 0.0559. The zero-order valence-electron chi connectivity index (χ0n) is 34.1. The first-order valence-electron chi connectivity index (χ1n) is 19.7. The molecule has 1 unspecified atom stereocenters. The summed E-state index contributed by atoms with van der Waals surface area (Å²) in [5, 5.41) is 18.9. The van der Waals surface area contributed by atoms with Crippen LogP contribution < -0.4 is 10.5 Å². The third-order valence-electron chi connectivity index (χ3n) is 10.7.